The van der Waals surface area contributed by atoms with Gasteiger partial charge >= 0.3 is 0 Å². The summed E-state index contributed by atoms with van der Waals surface area (Å²) >= 11 is 3.44. The molecule has 3 aromatic rings. The third-order valence-corrected chi connectivity index (χ3v) is 5.45. The van der Waals surface area contributed by atoms with Gasteiger partial charge in [-0.3, -0.25) is 5.73 Å². The van der Waals surface area contributed by atoms with Crippen LogP contribution in [0.5, 0.6) is 17.4 Å². The number of nitrogens with zero attached hydrogens (tertiary/aromatic N) is 3. The number of rotatable bonds is 4. The minimum atomic E-state index is -0.920. The van der Waals surface area contributed by atoms with Gasteiger partial charge in [-0.15, -0.1) is 0 Å². The second-order valence-corrected chi connectivity index (χ2v) is 7.58. The summed E-state index contributed by atoms with van der Waals surface area (Å²) in [5.41, 5.74) is 10.3. The highest BCUT2D eigenvalue weighted by molar-refractivity contribution is 9.10. The summed E-state index contributed by atoms with van der Waals surface area (Å²) in [4.78, 5) is 0. The molecule has 8 heteroatoms. The molecule has 1 aliphatic rings. The average Bonchev–Trinajstić information content (AvgIpc) is 3.08. The van der Waals surface area contributed by atoms with E-state index in [0.29, 0.717) is 28.5 Å². The predicted octanol–water partition coefficient (Wildman–Crippen LogP) is 3.96. The molecule has 0 fully saturated rings. The minimum Gasteiger partial charge on any atom is -0.493 e. The van der Waals surface area contributed by atoms with E-state index in [4.69, 9.17) is 19.9 Å². The molecule has 152 valence electrons. The second-order valence-electron chi connectivity index (χ2n) is 6.66. The van der Waals surface area contributed by atoms with Crippen molar-refractivity contribution in [1.82, 2.24) is 9.78 Å². The summed E-state index contributed by atoms with van der Waals surface area (Å²) in [6.45, 7) is 1.88. The Bertz CT molecular complexity index is 1190. The smallest absolute Gasteiger partial charge is 0.226 e. The monoisotopic (exact) mass is 466 g/mol. The van der Waals surface area contributed by atoms with Crippen LogP contribution in [0.1, 0.15) is 16.8 Å². The van der Waals surface area contributed by atoms with Crippen molar-refractivity contribution in [2.45, 2.75) is 13.2 Å². The quantitative estimate of drug-likeness (QED) is 0.624. The molecule has 1 aliphatic heterocycles. The van der Waals surface area contributed by atoms with Gasteiger partial charge in [-0.25, -0.2) is 4.68 Å². The third kappa shape index (κ3) is 3.22. The molecule has 1 atom stereocenters. The Morgan fingerprint density at radius 3 is 2.47 bits per heavy atom. The molecule has 0 spiro atoms. The topological polar surface area (TPSA) is 95.3 Å². The number of ether oxygens (including phenoxy) is 3. The lowest BCUT2D eigenvalue weighted by Gasteiger charge is -2.25. The zero-order chi connectivity index (χ0) is 21.4. The summed E-state index contributed by atoms with van der Waals surface area (Å²) in [6, 6.07) is 15.4. The lowest BCUT2D eigenvalue weighted by Crippen LogP contribution is -2.33. The molecule has 7 nitrogen and oxygen atoms in total. The van der Waals surface area contributed by atoms with Crippen LogP contribution in [-0.2, 0) is 0 Å². The molecule has 1 aromatic heterocycles. The van der Waals surface area contributed by atoms with E-state index in [0.717, 1.165) is 27.0 Å². The number of nitriles is 1. The van der Waals surface area contributed by atoms with Crippen molar-refractivity contribution in [3.05, 3.63) is 69.3 Å². The minimum absolute atomic E-state index is 0.327. The number of hydrogen-bond donors (Lipinski definition) is 1. The Balaban J connectivity index is 1.96. The van der Waals surface area contributed by atoms with Crippen molar-refractivity contribution < 1.29 is 14.2 Å². The second kappa shape index (κ2) is 7.86. The zero-order valence-electron chi connectivity index (χ0n) is 16.6. The first kappa shape index (κ1) is 20.0. The number of halogens is 1. The van der Waals surface area contributed by atoms with E-state index in [1.54, 1.807) is 25.0 Å². The molecule has 0 aliphatic carbocycles. The van der Waals surface area contributed by atoms with Crippen LogP contribution in [0.15, 0.2) is 52.5 Å². The van der Waals surface area contributed by atoms with Crippen LogP contribution in [-0.4, -0.2) is 30.2 Å². The first-order valence-corrected chi connectivity index (χ1v) is 9.92. The molecule has 2 aromatic carbocycles. The summed E-state index contributed by atoms with van der Waals surface area (Å²) in [6.07, 6.45) is -0.920. The van der Waals surface area contributed by atoms with E-state index in [1.165, 1.54) is 0 Å². The highest BCUT2D eigenvalue weighted by atomic mass is 79.9. The van der Waals surface area contributed by atoms with Crippen molar-refractivity contribution >= 4 is 21.5 Å². The maximum atomic E-state index is 9.84. The highest BCUT2D eigenvalue weighted by Gasteiger charge is 2.33. The van der Waals surface area contributed by atoms with Crippen molar-refractivity contribution in [3.63, 3.8) is 0 Å². The van der Waals surface area contributed by atoms with Gasteiger partial charge in [0, 0.05) is 10.0 Å². The number of hydrogen-bond acceptors (Lipinski definition) is 6. The van der Waals surface area contributed by atoms with Gasteiger partial charge in [-0.1, -0.05) is 22.0 Å². The fourth-order valence-corrected chi connectivity index (χ4v) is 3.79. The van der Waals surface area contributed by atoms with Crippen molar-refractivity contribution in [3.8, 4) is 29.1 Å². The number of fused-ring (bicyclic) bond motifs is 1. The van der Waals surface area contributed by atoms with Crippen molar-refractivity contribution in [1.29, 1.82) is 5.26 Å². The molecular formula is C22H19BrN4O3. The van der Waals surface area contributed by atoms with Crippen LogP contribution in [0, 0.1) is 18.3 Å². The highest BCUT2D eigenvalue weighted by Crippen LogP contribution is 2.43. The fraction of sp³-hybridized carbons (Fsp3) is 0.182. The molecule has 2 N–H and O–H groups in total. The molecule has 0 saturated heterocycles. The molecule has 4 rings (SSSR count). The van der Waals surface area contributed by atoms with Gasteiger partial charge in [-0.05, 0) is 48.9 Å². The lowest BCUT2D eigenvalue weighted by molar-refractivity contribution is 0.228. The van der Waals surface area contributed by atoms with Gasteiger partial charge in [0.25, 0.3) is 0 Å². The molecule has 0 bridgehead atoms. The molecule has 0 amide bonds. The fourth-order valence-electron chi connectivity index (χ4n) is 3.53. The number of aryl methyl sites for hydroxylation is 1. The molecular weight excluding hydrogens is 448 g/mol. The van der Waals surface area contributed by atoms with Gasteiger partial charge < -0.3 is 14.2 Å². The molecule has 2 heterocycles. The molecule has 30 heavy (non-hydrogen) atoms. The standard InChI is InChI=1S/C22H19BrN4O3/c1-12-19-20(13-4-9-17(28-2)18(10-13)29-3)16(11-24)21(25)30-22(19)27(26-12)15-7-5-14(23)6-8-15/h4-10,21H,25H2,1-3H3. The van der Waals surface area contributed by atoms with Crippen LogP contribution in [0.2, 0.25) is 0 Å². The van der Waals surface area contributed by atoms with Gasteiger partial charge in [0.1, 0.15) is 6.07 Å². The summed E-state index contributed by atoms with van der Waals surface area (Å²) in [5.74, 6) is 1.64. The summed E-state index contributed by atoms with van der Waals surface area (Å²) in [5, 5.41) is 14.5. The Morgan fingerprint density at radius 1 is 1.13 bits per heavy atom. The number of nitrogens with two attached hydrogens (primary N) is 1. The third-order valence-electron chi connectivity index (χ3n) is 4.92. The predicted molar refractivity (Wildman–Crippen MR) is 116 cm³/mol. The van der Waals surface area contributed by atoms with Gasteiger partial charge in [0.15, 0.2) is 17.7 Å². The maximum Gasteiger partial charge on any atom is 0.226 e. The van der Waals surface area contributed by atoms with E-state index >= 15 is 0 Å². The number of benzene rings is 2. The summed E-state index contributed by atoms with van der Waals surface area (Å²) in [7, 11) is 3.14. The Morgan fingerprint density at radius 2 is 1.83 bits per heavy atom. The maximum absolute atomic E-state index is 9.84. The Hall–Kier alpha value is -3.28. The van der Waals surface area contributed by atoms with Crippen LogP contribution < -0.4 is 19.9 Å². The largest absolute Gasteiger partial charge is 0.493 e. The Labute approximate surface area is 182 Å². The van der Waals surface area contributed by atoms with E-state index in [2.05, 4.69) is 27.1 Å². The lowest BCUT2D eigenvalue weighted by atomic mass is 9.91. The number of methoxy groups -OCH3 is 2. The number of aromatic nitrogens is 2. The van der Waals surface area contributed by atoms with E-state index in [1.807, 2.05) is 43.3 Å². The van der Waals surface area contributed by atoms with Crippen molar-refractivity contribution in [2.24, 2.45) is 5.73 Å². The van der Waals surface area contributed by atoms with Crippen LogP contribution in [0.3, 0.4) is 0 Å². The van der Waals surface area contributed by atoms with Crippen LogP contribution in [0.25, 0.3) is 11.3 Å². The SMILES string of the molecule is COc1ccc(C2=C(C#N)C(N)Oc3c2c(C)nn3-c2ccc(Br)cc2)cc1OC. The molecule has 0 saturated carbocycles. The van der Waals surface area contributed by atoms with Gasteiger partial charge in [0.05, 0.1) is 36.7 Å². The van der Waals surface area contributed by atoms with E-state index in [9.17, 15) is 5.26 Å². The summed E-state index contributed by atoms with van der Waals surface area (Å²) < 4.78 is 19.4. The molecule has 1 unspecified atom stereocenters. The van der Waals surface area contributed by atoms with E-state index in [-0.39, 0.29) is 0 Å². The van der Waals surface area contributed by atoms with Crippen LogP contribution in [0.4, 0.5) is 0 Å². The Kier molecular flexibility index (Phi) is 5.24. The average molecular weight is 467 g/mol. The first-order chi connectivity index (χ1) is 14.5. The van der Waals surface area contributed by atoms with Crippen molar-refractivity contribution in [2.75, 3.05) is 14.2 Å². The normalized spacial score (nSPS) is 15.3. The zero-order valence-corrected chi connectivity index (χ0v) is 18.2. The van der Waals surface area contributed by atoms with Gasteiger partial charge in [0.2, 0.25) is 5.88 Å². The van der Waals surface area contributed by atoms with Gasteiger partial charge in [-0.2, -0.15) is 10.4 Å². The van der Waals surface area contributed by atoms with E-state index < -0.39 is 6.23 Å². The molecule has 0 radical (unpaired) electrons. The van der Waals surface area contributed by atoms with Crippen LogP contribution >= 0.6 is 15.9 Å². The first-order valence-electron chi connectivity index (χ1n) is 9.13.